The van der Waals surface area contributed by atoms with Crippen LogP contribution >= 0.6 is 0 Å². The summed E-state index contributed by atoms with van der Waals surface area (Å²) < 4.78 is 5.07. The highest BCUT2D eigenvalue weighted by molar-refractivity contribution is 6.10. The second kappa shape index (κ2) is 5.76. The molecule has 3 rings (SSSR count). The van der Waals surface area contributed by atoms with Crippen LogP contribution in [0.5, 0.6) is 5.75 Å². The van der Waals surface area contributed by atoms with Crippen LogP contribution in [0.3, 0.4) is 0 Å². The molecule has 0 radical (unpaired) electrons. The molecule has 5 heteroatoms. The van der Waals surface area contributed by atoms with Gasteiger partial charge in [0.05, 0.1) is 19.2 Å². The molecule has 0 saturated heterocycles. The molecule has 0 fully saturated rings. The van der Waals surface area contributed by atoms with Gasteiger partial charge in [0.25, 0.3) is 5.91 Å². The highest BCUT2D eigenvalue weighted by atomic mass is 16.5. The Hall–Kier alpha value is -2.66. The van der Waals surface area contributed by atoms with Crippen LogP contribution < -0.4 is 10.1 Å². The average molecular weight is 325 g/mol. The molecule has 1 heterocycles. The fraction of sp³-hybridized carbons (Fsp3) is 0.263. The molecule has 2 aromatic carbocycles. The maximum Gasteiger partial charge on any atom is 0.261 e. The number of methoxy groups -OCH3 is 1. The lowest BCUT2D eigenvalue weighted by Gasteiger charge is -2.20. The van der Waals surface area contributed by atoms with Crippen LogP contribution in [0.1, 0.15) is 33.5 Å². The molecule has 2 aromatic rings. The Morgan fingerprint density at radius 3 is 2.50 bits per heavy atom. The third-order valence-electron chi connectivity index (χ3n) is 4.37. The van der Waals surface area contributed by atoms with E-state index < -0.39 is 11.5 Å². The minimum absolute atomic E-state index is 0.303. The van der Waals surface area contributed by atoms with Crippen molar-refractivity contribution in [3.05, 3.63) is 58.7 Å². The Bertz CT molecular complexity index is 826. The Morgan fingerprint density at radius 2 is 1.88 bits per heavy atom. The van der Waals surface area contributed by atoms with Crippen molar-refractivity contribution in [1.82, 2.24) is 0 Å². The van der Waals surface area contributed by atoms with Crippen molar-refractivity contribution in [2.75, 3.05) is 12.4 Å². The van der Waals surface area contributed by atoms with Crippen molar-refractivity contribution in [2.45, 2.75) is 25.9 Å². The van der Waals surface area contributed by atoms with Crippen LogP contribution in [0.2, 0.25) is 0 Å². The molecule has 2 N–H and O–H groups in total. The minimum Gasteiger partial charge on any atom is -0.497 e. The predicted molar refractivity (Wildman–Crippen MR) is 90.4 cm³/mol. The highest BCUT2D eigenvalue weighted by Crippen LogP contribution is 2.41. The second-order valence-corrected chi connectivity index (χ2v) is 6.15. The van der Waals surface area contributed by atoms with Crippen LogP contribution in [0.15, 0.2) is 36.4 Å². The number of rotatable bonds is 4. The first-order valence-corrected chi connectivity index (χ1v) is 7.68. The standard InChI is InChI=1S/C19H19NO4/c1-11-8-12(2)17-15(9-11)19(23,18(22)20-17)10-16(21)13-4-6-14(24-3)7-5-13/h4-9,23H,10H2,1-3H3,(H,20,22). The molecule has 0 spiro atoms. The summed E-state index contributed by atoms with van der Waals surface area (Å²) in [5, 5.41) is 13.6. The lowest BCUT2D eigenvalue weighted by Crippen LogP contribution is -2.36. The van der Waals surface area contributed by atoms with E-state index in [4.69, 9.17) is 4.74 Å². The van der Waals surface area contributed by atoms with Gasteiger partial charge in [-0.3, -0.25) is 9.59 Å². The van der Waals surface area contributed by atoms with Crippen LogP contribution in [0.4, 0.5) is 5.69 Å². The summed E-state index contributed by atoms with van der Waals surface area (Å²) in [7, 11) is 1.55. The number of nitrogens with one attached hydrogen (secondary N) is 1. The molecule has 1 aliphatic heterocycles. The van der Waals surface area contributed by atoms with Gasteiger partial charge in [0.15, 0.2) is 11.4 Å². The number of hydrogen-bond donors (Lipinski definition) is 2. The van der Waals surface area contributed by atoms with E-state index >= 15 is 0 Å². The molecule has 124 valence electrons. The van der Waals surface area contributed by atoms with E-state index in [1.165, 1.54) is 0 Å². The fourth-order valence-corrected chi connectivity index (χ4v) is 3.09. The van der Waals surface area contributed by atoms with Crippen LogP contribution in [-0.4, -0.2) is 23.9 Å². The summed E-state index contributed by atoms with van der Waals surface area (Å²) in [6.07, 6.45) is -0.305. The van der Waals surface area contributed by atoms with E-state index in [9.17, 15) is 14.7 Å². The minimum atomic E-state index is -1.84. The van der Waals surface area contributed by atoms with Crippen molar-refractivity contribution in [3.63, 3.8) is 0 Å². The number of ketones is 1. The quantitative estimate of drug-likeness (QED) is 0.848. The molecule has 0 aromatic heterocycles. The number of fused-ring (bicyclic) bond motifs is 1. The molecular weight excluding hydrogens is 306 g/mol. The molecule has 5 nitrogen and oxygen atoms in total. The first kappa shape index (κ1) is 16.2. The normalized spacial score (nSPS) is 18.9. The summed E-state index contributed by atoms with van der Waals surface area (Å²) in [5.74, 6) is -0.226. The Morgan fingerprint density at radius 1 is 1.21 bits per heavy atom. The molecule has 1 atom stereocenters. The number of aryl methyl sites for hydroxylation is 2. The number of hydrogen-bond acceptors (Lipinski definition) is 4. The van der Waals surface area contributed by atoms with E-state index in [1.54, 1.807) is 37.4 Å². The maximum atomic E-state index is 12.5. The number of benzene rings is 2. The zero-order valence-corrected chi connectivity index (χ0v) is 13.8. The predicted octanol–water partition coefficient (Wildman–Crippen LogP) is 2.72. The molecule has 1 amide bonds. The van der Waals surface area contributed by atoms with Crippen molar-refractivity contribution < 1.29 is 19.4 Å². The molecule has 0 bridgehead atoms. The monoisotopic (exact) mass is 325 g/mol. The SMILES string of the molecule is COc1ccc(C(=O)CC2(O)C(=O)Nc3c(C)cc(C)cc32)cc1. The fourth-order valence-electron chi connectivity index (χ4n) is 3.09. The Labute approximate surface area is 140 Å². The number of ether oxygens (including phenoxy) is 1. The van der Waals surface area contributed by atoms with Gasteiger partial charge in [-0.05, 0) is 43.7 Å². The number of aliphatic hydroxyl groups is 1. The molecular formula is C19H19NO4. The average Bonchev–Trinajstić information content (AvgIpc) is 2.80. The first-order chi connectivity index (χ1) is 11.3. The molecule has 24 heavy (non-hydrogen) atoms. The smallest absolute Gasteiger partial charge is 0.261 e. The molecule has 1 unspecified atom stereocenters. The van der Waals surface area contributed by atoms with Crippen molar-refractivity contribution in [3.8, 4) is 5.75 Å². The lowest BCUT2D eigenvalue weighted by molar-refractivity contribution is -0.133. The van der Waals surface area contributed by atoms with Crippen molar-refractivity contribution in [2.24, 2.45) is 0 Å². The van der Waals surface area contributed by atoms with Gasteiger partial charge in [0.1, 0.15) is 5.75 Å². The molecule has 0 aliphatic carbocycles. The number of carbonyl (C=O) groups is 2. The Kier molecular flexibility index (Phi) is 3.89. The van der Waals surface area contributed by atoms with Crippen LogP contribution in [0, 0.1) is 13.8 Å². The summed E-state index contributed by atoms with van der Waals surface area (Å²) in [4.78, 5) is 24.9. The zero-order valence-electron chi connectivity index (χ0n) is 13.8. The van der Waals surface area contributed by atoms with E-state index in [0.29, 0.717) is 22.6 Å². The summed E-state index contributed by atoms with van der Waals surface area (Å²) in [6.45, 7) is 3.75. The highest BCUT2D eigenvalue weighted by Gasteiger charge is 2.47. The Balaban J connectivity index is 1.94. The van der Waals surface area contributed by atoms with E-state index in [2.05, 4.69) is 5.32 Å². The number of anilines is 1. The van der Waals surface area contributed by atoms with Gasteiger partial charge >= 0.3 is 0 Å². The third-order valence-corrected chi connectivity index (χ3v) is 4.37. The molecule has 0 saturated carbocycles. The molecule has 1 aliphatic rings. The van der Waals surface area contributed by atoms with E-state index in [1.807, 2.05) is 19.9 Å². The maximum absolute atomic E-state index is 12.5. The lowest BCUT2D eigenvalue weighted by atomic mass is 9.86. The van der Waals surface area contributed by atoms with Crippen LogP contribution in [-0.2, 0) is 10.4 Å². The van der Waals surface area contributed by atoms with Gasteiger partial charge < -0.3 is 15.2 Å². The second-order valence-electron chi connectivity index (χ2n) is 6.15. The van der Waals surface area contributed by atoms with E-state index in [-0.39, 0.29) is 12.2 Å². The van der Waals surface area contributed by atoms with E-state index in [0.717, 1.165) is 11.1 Å². The van der Waals surface area contributed by atoms with Gasteiger partial charge in [-0.1, -0.05) is 17.7 Å². The van der Waals surface area contributed by atoms with Crippen molar-refractivity contribution in [1.29, 1.82) is 0 Å². The van der Waals surface area contributed by atoms with Crippen molar-refractivity contribution >= 4 is 17.4 Å². The summed E-state index contributed by atoms with van der Waals surface area (Å²) in [5.41, 5.74) is 1.44. The number of amides is 1. The van der Waals surface area contributed by atoms with Gasteiger partial charge in [-0.2, -0.15) is 0 Å². The topological polar surface area (TPSA) is 75.6 Å². The van der Waals surface area contributed by atoms with Crippen LogP contribution in [0.25, 0.3) is 0 Å². The summed E-state index contributed by atoms with van der Waals surface area (Å²) >= 11 is 0. The van der Waals surface area contributed by atoms with Gasteiger partial charge in [-0.25, -0.2) is 0 Å². The van der Waals surface area contributed by atoms with Gasteiger partial charge in [0, 0.05) is 11.1 Å². The van der Waals surface area contributed by atoms with Gasteiger partial charge in [-0.15, -0.1) is 0 Å². The number of carbonyl (C=O) groups excluding carboxylic acids is 2. The first-order valence-electron chi connectivity index (χ1n) is 7.68. The van der Waals surface area contributed by atoms with Gasteiger partial charge in [0.2, 0.25) is 0 Å². The largest absolute Gasteiger partial charge is 0.497 e. The summed E-state index contributed by atoms with van der Waals surface area (Å²) in [6, 6.07) is 10.3. The third kappa shape index (κ3) is 2.57. The number of Topliss-reactive ketones (excluding diaryl/α,β-unsaturated/α-hetero) is 1. The zero-order chi connectivity index (χ0) is 17.5.